The van der Waals surface area contributed by atoms with E-state index in [-0.39, 0.29) is 5.97 Å². The van der Waals surface area contributed by atoms with Gasteiger partial charge in [-0.15, -0.1) is 0 Å². The zero-order valence-electron chi connectivity index (χ0n) is 9.58. The lowest BCUT2D eigenvalue weighted by atomic mass is 10.0. The van der Waals surface area contributed by atoms with Crippen molar-refractivity contribution in [1.29, 1.82) is 0 Å². The molecule has 86 valence electrons. The van der Waals surface area contributed by atoms with Crippen molar-refractivity contribution in [3.63, 3.8) is 0 Å². The van der Waals surface area contributed by atoms with Gasteiger partial charge >= 0.3 is 5.97 Å². The molecule has 16 heavy (non-hydrogen) atoms. The number of aliphatic imine (C=N–C) groups is 1. The van der Waals surface area contributed by atoms with Gasteiger partial charge in [-0.3, -0.25) is 4.99 Å². The lowest BCUT2D eigenvalue weighted by Crippen LogP contribution is -2.19. The predicted molar refractivity (Wildman–Crippen MR) is 68.0 cm³/mol. The summed E-state index contributed by atoms with van der Waals surface area (Å²) in [5, 5.41) is 0. The maximum absolute atomic E-state index is 11.7. The molecule has 0 saturated carbocycles. The molecule has 0 N–H and O–H groups in total. The minimum absolute atomic E-state index is 0.352. The van der Waals surface area contributed by atoms with Crippen LogP contribution in [0.4, 0.5) is 0 Å². The van der Waals surface area contributed by atoms with Crippen LogP contribution in [0.2, 0.25) is 0 Å². The predicted octanol–water partition coefficient (Wildman–Crippen LogP) is 2.74. The average molecular weight is 284 g/mol. The van der Waals surface area contributed by atoms with Crippen molar-refractivity contribution < 1.29 is 9.53 Å². The van der Waals surface area contributed by atoms with Crippen LogP contribution in [0.25, 0.3) is 0 Å². The van der Waals surface area contributed by atoms with E-state index in [9.17, 15) is 4.79 Å². The third kappa shape index (κ3) is 2.92. The number of nitrogens with zero attached hydrogens (tertiary/aromatic N) is 1. The monoisotopic (exact) mass is 283 g/mol. The van der Waals surface area contributed by atoms with Crippen molar-refractivity contribution in [2.75, 3.05) is 13.7 Å². The summed E-state index contributed by atoms with van der Waals surface area (Å²) in [6, 6.07) is 5.73. The van der Waals surface area contributed by atoms with Crippen LogP contribution in [0.5, 0.6) is 0 Å². The Labute approximate surface area is 104 Å². The number of carbonyl (C=O) groups excluding carboxylic acids is 1. The maximum Gasteiger partial charge on any atom is 0.357 e. The second-order valence-corrected chi connectivity index (χ2v) is 4.17. The van der Waals surface area contributed by atoms with Crippen molar-refractivity contribution in [2.45, 2.75) is 13.8 Å². The molecule has 0 radical (unpaired) electrons. The van der Waals surface area contributed by atoms with Crippen LogP contribution in [0.1, 0.15) is 18.1 Å². The molecular formula is C12H14BrNO2. The highest BCUT2D eigenvalue weighted by Gasteiger charge is 2.16. The van der Waals surface area contributed by atoms with Crippen molar-refractivity contribution in [1.82, 2.24) is 0 Å². The van der Waals surface area contributed by atoms with Crippen molar-refractivity contribution >= 4 is 27.6 Å². The minimum atomic E-state index is -0.383. The summed E-state index contributed by atoms with van der Waals surface area (Å²) in [5.41, 5.74) is 2.16. The van der Waals surface area contributed by atoms with Crippen LogP contribution >= 0.6 is 15.9 Å². The molecule has 0 heterocycles. The number of esters is 1. The van der Waals surface area contributed by atoms with Crippen molar-refractivity contribution in [2.24, 2.45) is 4.99 Å². The van der Waals surface area contributed by atoms with Crippen LogP contribution < -0.4 is 0 Å². The fraction of sp³-hybridized carbons (Fsp3) is 0.333. The molecule has 1 rings (SSSR count). The highest BCUT2D eigenvalue weighted by Crippen LogP contribution is 2.17. The molecule has 4 heteroatoms. The first-order valence-corrected chi connectivity index (χ1v) is 5.79. The summed E-state index contributed by atoms with van der Waals surface area (Å²) >= 11 is 3.37. The Morgan fingerprint density at radius 2 is 2.19 bits per heavy atom. The number of ether oxygens (including phenoxy) is 1. The normalized spacial score (nSPS) is 11.4. The number of aryl methyl sites for hydroxylation is 1. The van der Waals surface area contributed by atoms with E-state index in [0.717, 1.165) is 15.6 Å². The lowest BCUT2D eigenvalue weighted by molar-refractivity contribution is -0.134. The highest BCUT2D eigenvalue weighted by atomic mass is 79.9. The molecule has 0 aliphatic heterocycles. The van der Waals surface area contributed by atoms with Gasteiger partial charge in [0.15, 0.2) is 0 Å². The van der Waals surface area contributed by atoms with Gasteiger partial charge in [0.05, 0.1) is 6.61 Å². The zero-order valence-corrected chi connectivity index (χ0v) is 11.2. The second kappa shape index (κ2) is 5.80. The van der Waals surface area contributed by atoms with Gasteiger partial charge in [0.25, 0.3) is 0 Å². The summed E-state index contributed by atoms with van der Waals surface area (Å²) in [7, 11) is 1.59. The Morgan fingerprint density at radius 1 is 1.50 bits per heavy atom. The Morgan fingerprint density at radius 3 is 2.75 bits per heavy atom. The van der Waals surface area contributed by atoms with Gasteiger partial charge < -0.3 is 4.74 Å². The van der Waals surface area contributed by atoms with Gasteiger partial charge in [-0.1, -0.05) is 22.0 Å². The van der Waals surface area contributed by atoms with Crippen LogP contribution in [0, 0.1) is 6.92 Å². The number of hydrogen-bond acceptors (Lipinski definition) is 3. The van der Waals surface area contributed by atoms with Gasteiger partial charge in [-0.2, -0.15) is 0 Å². The molecule has 0 unspecified atom stereocenters. The summed E-state index contributed by atoms with van der Waals surface area (Å²) in [6.45, 7) is 4.07. The third-order valence-corrected chi connectivity index (χ3v) is 2.64. The van der Waals surface area contributed by atoms with Crippen LogP contribution in [-0.4, -0.2) is 25.3 Å². The first kappa shape index (κ1) is 12.9. The molecule has 3 nitrogen and oxygen atoms in total. The van der Waals surface area contributed by atoms with Crippen LogP contribution in [0.15, 0.2) is 27.7 Å². The SMILES string of the molecule is CCOC(=O)/C(=N/C)c1cc(Br)ccc1C. The minimum Gasteiger partial charge on any atom is -0.461 e. The number of benzene rings is 1. The van der Waals surface area contributed by atoms with E-state index >= 15 is 0 Å². The zero-order chi connectivity index (χ0) is 12.1. The van der Waals surface area contributed by atoms with Gasteiger partial charge in [-0.25, -0.2) is 4.79 Å². The van der Waals surface area contributed by atoms with E-state index in [1.54, 1.807) is 14.0 Å². The molecule has 1 aromatic carbocycles. The molecule has 0 fully saturated rings. The number of carbonyl (C=O) groups is 1. The van der Waals surface area contributed by atoms with Gasteiger partial charge in [0, 0.05) is 17.1 Å². The van der Waals surface area contributed by atoms with Crippen molar-refractivity contribution in [3.8, 4) is 0 Å². The highest BCUT2D eigenvalue weighted by molar-refractivity contribution is 9.10. The van der Waals surface area contributed by atoms with Gasteiger partial charge in [-0.05, 0) is 31.5 Å². The topological polar surface area (TPSA) is 38.7 Å². The van der Waals surface area contributed by atoms with E-state index in [2.05, 4.69) is 20.9 Å². The number of rotatable bonds is 3. The van der Waals surface area contributed by atoms with Crippen LogP contribution in [-0.2, 0) is 9.53 Å². The maximum atomic E-state index is 11.7. The average Bonchev–Trinajstić information content (AvgIpc) is 2.24. The fourth-order valence-corrected chi connectivity index (χ4v) is 1.73. The van der Waals surface area contributed by atoms with Crippen molar-refractivity contribution in [3.05, 3.63) is 33.8 Å². The molecule has 0 aliphatic rings. The molecule has 0 bridgehead atoms. The largest absolute Gasteiger partial charge is 0.461 e. The lowest BCUT2D eigenvalue weighted by Gasteiger charge is -2.08. The van der Waals surface area contributed by atoms with E-state index in [1.165, 1.54) is 0 Å². The van der Waals surface area contributed by atoms with Gasteiger partial charge in [0.1, 0.15) is 5.71 Å². The first-order valence-electron chi connectivity index (χ1n) is 5.00. The molecule has 0 aromatic heterocycles. The van der Waals surface area contributed by atoms with E-state index in [0.29, 0.717) is 12.3 Å². The summed E-state index contributed by atoms with van der Waals surface area (Å²) in [5.74, 6) is -0.383. The standard InChI is InChI=1S/C12H14BrNO2/c1-4-16-12(15)11(14-3)10-7-9(13)6-5-8(10)2/h5-7H,4H2,1-3H3/b14-11+. The number of hydrogen-bond donors (Lipinski definition) is 0. The molecule has 1 aromatic rings. The molecule has 0 aliphatic carbocycles. The number of halogens is 1. The van der Waals surface area contributed by atoms with Crippen LogP contribution in [0.3, 0.4) is 0 Å². The Balaban J connectivity index is 3.14. The second-order valence-electron chi connectivity index (χ2n) is 3.25. The molecule has 0 saturated heterocycles. The smallest absolute Gasteiger partial charge is 0.357 e. The molecule has 0 amide bonds. The Hall–Kier alpha value is -1.16. The molecule has 0 atom stereocenters. The van der Waals surface area contributed by atoms with E-state index in [1.807, 2.05) is 25.1 Å². The molecule has 0 spiro atoms. The van der Waals surface area contributed by atoms with E-state index in [4.69, 9.17) is 4.74 Å². The van der Waals surface area contributed by atoms with E-state index < -0.39 is 0 Å². The molecular weight excluding hydrogens is 270 g/mol. The first-order chi connectivity index (χ1) is 7.60. The fourth-order valence-electron chi connectivity index (χ4n) is 1.37. The third-order valence-electron chi connectivity index (χ3n) is 2.15. The Kier molecular flexibility index (Phi) is 4.68. The quantitative estimate of drug-likeness (QED) is 0.632. The Bertz CT molecular complexity index is 427. The summed E-state index contributed by atoms with van der Waals surface area (Å²) in [6.07, 6.45) is 0. The summed E-state index contributed by atoms with van der Waals surface area (Å²) < 4.78 is 5.87. The van der Waals surface area contributed by atoms with Gasteiger partial charge in [0.2, 0.25) is 0 Å². The summed E-state index contributed by atoms with van der Waals surface area (Å²) in [4.78, 5) is 15.7.